The number of amides is 1. The van der Waals surface area contributed by atoms with Gasteiger partial charge in [-0.15, -0.1) is 0 Å². The van der Waals surface area contributed by atoms with E-state index >= 15 is 0 Å². The number of aromatic nitrogens is 5. The van der Waals surface area contributed by atoms with E-state index in [1.165, 1.54) is 19.3 Å². The zero-order valence-electron chi connectivity index (χ0n) is 21.4. The number of carbonyl (C=O) groups excluding carboxylic acids is 1. The lowest BCUT2D eigenvalue weighted by Crippen LogP contribution is -2.18. The van der Waals surface area contributed by atoms with Crippen molar-refractivity contribution >= 4 is 44.7 Å². The van der Waals surface area contributed by atoms with E-state index in [2.05, 4.69) is 65.5 Å². The van der Waals surface area contributed by atoms with Crippen molar-refractivity contribution < 1.29 is 4.79 Å². The first-order valence-corrected chi connectivity index (χ1v) is 14.4. The summed E-state index contributed by atoms with van der Waals surface area (Å²) in [5.74, 6) is 0.571. The molecule has 0 spiro atoms. The molecule has 0 saturated heterocycles. The smallest absolute Gasteiger partial charge is 0.224 e. The summed E-state index contributed by atoms with van der Waals surface area (Å²) in [6.07, 6.45) is 12.0. The Balaban J connectivity index is 1.19. The van der Waals surface area contributed by atoms with E-state index in [1.54, 1.807) is 17.5 Å². The van der Waals surface area contributed by atoms with Gasteiger partial charge in [-0.1, -0.05) is 25.3 Å². The second-order valence-corrected chi connectivity index (χ2v) is 11.1. The maximum Gasteiger partial charge on any atom is 0.224 e. The van der Waals surface area contributed by atoms with Crippen LogP contribution < -0.4 is 5.32 Å². The van der Waals surface area contributed by atoms with Crippen molar-refractivity contribution in [3.8, 4) is 33.8 Å². The molecule has 39 heavy (non-hydrogen) atoms. The molecule has 0 radical (unpaired) electrons. The van der Waals surface area contributed by atoms with Crippen LogP contribution in [0.15, 0.2) is 71.8 Å². The fraction of sp³-hybridized carbons (Fsp3) is 0.226. The molecule has 8 heteroatoms. The minimum atomic E-state index is 0.0727. The molecule has 7 rings (SSSR count). The second kappa shape index (κ2) is 10.1. The third-order valence-electron chi connectivity index (χ3n) is 7.71. The standard InChI is InChI=1S/C31H28N6OS/c38-29(12-19-4-2-1-3-5-19)34-23-13-22(16-32-17-23)20-6-7-27-24(14-20)31(37-36-27)28-15-25-26(35-28)8-10-33-30(25)21-9-11-39-18-21/h6-11,13-19,35H,1-5,12H2,(H,34,38)(H,36,37). The number of nitrogens with zero attached hydrogens (tertiary/aromatic N) is 3. The lowest BCUT2D eigenvalue weighted by Gasteiger charge is -2.20. The van der Waals surface area contributed by atoms with E-state index in [9.17, 15) is 4.79 Å². The molecule has 194 valence electrons. The molecule has 1 aliphatic carbocycles. The normalized spacial score (nSPS) is 14.3. The number of pyridine rings is 2. The summed E-state index contributed by atoms with van der Waals surface area (Å²) in [7, 11) is 0. The number of benzene rings is 1. The number of hydrogen-bond acceptors (Lipinski definition) is 5. The molecule has 0 aliphatic heterocycles. The minimum Gasteiger partial charge on any atom is -0.353 e. The third-order valence-corrected chi connectivity index (χ3v) is 8.40. The predicted octanol–water partition coefficient (Wildman–Crippen LogP) is 7.81. The highest BCUT2D eigenvalue weighted by Gasteiger charge is 2.18. The number of nitrogens with one attached hydrogen (secondary N) is 3. The lowest BCUT2D eigenvalue weighted by atomic mass is 9.87. The Morgan fingerprint density at radius 2 is 1.82 bits per heavy atom. The number of rotatable bonds is 6. The van der Waals surface area contributed by atoms with E-state index in [1.807, 2.05) is 30.6 Å². The molecule has 0 unspecified atom stereocenters. The topological polar surface area (TPSA) is 99.3 Å². The van der Waals surface area contributed by atoms with Gasteiger partial charge in [-0.25, -0.2) is 0 Å². The Bertz CT molecular complexity index is 1780. The number of anilines is 1. The van der Waals surface area contributed by atoms with Crippen LogP contribution in [0.5, 0.6) is 0 Å². The maximum atomic E-state index is 12.7. The highest BCUT2D eigenvalue weighted by atomic mass is 32.1. The largest absolute Gasteiger partial charge is 0.353 e. The fourth-order valence-corrected chi connectivity index (χ4v) is 6.38. The van der Waals surface area contributed by atoms with Crippen LogP contribution in [0.25, 0.3) is 55.6 Å². The second-order valence-electron chi connectivity index (χ2n) is 10.4. The molecule has 5 heterocycles. The van der Waals surface area contributed by atoms with Crippen LogP contribution in [0.1, 0.15) is 38.5 Å². The van der Waals surface area contributed by atoms with Gasteiger partial charge in [0.1, 0.15) is 5.69 Å². The number of thiophene rings is 1. The predicted molar refractivity (Wildman–Crippen MR) is 158 cm³/mol. The first-order chi connectivity index (χ1) is 19.2. The summed E-state index contributed by atoms with van der Waals surface area (Å²) in [5, 5.41) is 17.2. The van der Waals surface area contributed by atoms with Crippen molar-refractivity contribution in [3.05, 3.63) is 71.8 Å². The number of aromatic amines is 2. The van der Waals surface area contributed by atoms with Gasteiger partial charge < -0.3 is 10.3 Å². The van der Waals surface area contributed by atoms with Gasteiger partial charge in [0.05, 0.1) is 28.8 Å². The molecular formula is C31H28N6OS. The Morgan fingerprint density at radius 3 is 2.69 bits per heavy atom. The molecule has 1 aliphatic rings. The molecule has 0 bridgehead atoms. The molecular weight excluding hydrogens is 504 g/mol. The van der Waals surface area contributed by atoms with Gasteiger partial charge in [0, 0.05) is 51.6 Å². The SMILES string of the molecule is O=C(CC1CCCCC1)Nc1cncc(-c2ccc3[nH]nc(-c4cc5c(-c6ccsc6)nccc5[nH]4)c3c2)c1. The van der Waals surface area contributed by atoms with Crippen molar-refractivity contribution in [2.75, 3.05) is 5.32 Å². The third kappa shape index (κ3) is 4.72. The van der Waals surface area contributed by atoms with Gasteiger partial charge in [-0.3, -0.25) is 19.9 Å². The summed E-state index contributed by atoms with van der Waals surface area (Å²) in [5.41, 5.74) is 8.52. The highest BCUT2D eigenvalue weighted by Crippen LogP contribution is 2.35. The number of carbonyl (C=O) groups is 1. The zero-order valence-corrected chi connectivity index (χ0v) is 22.2. The van der Waals surface area contributed by atoms with E-state index in [-0.39, 0.29) is 5.91 Å². The van der Waals surface area contributed by atoms with E-state index in [0.29, 0.717) is 12.3 Å². The van der Waals surface area contributed by atoms with Crippen molar-refractivity contribution in [2.24, 2.45) is 5.92 Å². The molecule has 1 aromatic carbocycles. The molecule has 1 amide bonds. The average molecular weight is 533 g/mol. The number of hydrogen-bond donors (Lipinski definition) is 3. The van der Waals surface area contributed by atoms with Gasteiger partial charge in [0.15, 0.2) is 0 Å². The van der Waals surface area contributed by atoms with Crippen LogP contribution in [-0.4, -0.2) is 31.1 Å². The van der Waals surface area contributed by atoms with Gasteiger partial charge in [0.2, 0.25) is 5.91 Å². The van der Waals surface area contributed by atoms with Crippen LogP contribution in [-0.2, 0) is 4.79 Å². The van der Waals surface area contributed by atoms with E-state index < -0.39 is 0 Å². The zero-order chi connectivity index (χ0) is 26.2. The molecule has 7 nitrogen and oxygen atoms in total. The van der Waals surface area contributed by atoms with Gasteiger partial charge in [-0.2, -0.15) is 16.4 Å². The number of H-pyrrole nitrogens is 2. The first kappa shape index (κ1) is 23.8. The van der Waals surface area contributed by atoms with Crippen LogP contribution in [0.2, 0.25) is 0 Å². The van der Waals surface area contributed by atoms with Gasteiger partial charge >= 0.3 is 0 Å². The van der Waals surface area contributed by atoms with E-state index in [0.717, 1.165) is 74.1 Å². The first-order valence-electron chi connectivity index (χ1n) is 13.5. The summed E-state index contributed by atoms with van der Waals surface area (Å²) >= 11 is 1.66. The van der Waals surface area contributed by atoms with Gasteiger partial charge in [-0.05, 0) is 66.1 Å². The van der Waals surface area contributed by atoms with Crippen molar-refractivity contribution in [2.45, 2.75) is 38.5 Å². The maximum absolute atomic E-state index is 12.7. The van der Waals surface area contributed by atoms with Crippen LogP contribution in [0.4, 0.5) is 5.69 Å². The summed E-state index contributed by atoms with van der Waals surface area (Å²) < 4.78 is 0. The molecule has 0 atom stereocenters. The molecule has 6 aromatic rings. The van der Waals surface area contributed by atoms with Crippen molar-refractivity contribution in [1.29, 1.82) is 0 Å². The Kier molecular flexibility index (Phi) is 6.17. The summed E-state index contributed by atoms with van der Waals surface area (Å²) in [4.78, 5) is 25.3. The van der Waals surface area contributed by atoms with Crippen LogP contribution >= 0.6 is 11.3 Å². The average Bonchev–Trinajstić information content (AvgIpc) is 3.73. The Hall–Kier alpha value is -4.30. The van der Waals surface area contributed by atoms with Crippen molar-refractivity contribution in [1.82, 2.24) is 25.1 Å². The summed E-state index contributed by atoms with van der Waals surface area (Å²) in [6, 6.07) is 14.4. The van der Waals surface area contributed by atoms with Crippen LogP contribution in [0, 0.1) is 5.92 Å². The molecule has 1 fully saturated rings. The number of fused-ring (bicyclic) bond motifs is 2. The van der Waals surface area contributed by atoms with Gasteiger partial charge in [0.25, 0.3) is 0 Å². The quantitative estimate of drug-likeness (QED) is 0.204. The Morgan fingerprint density at radius 1 is 0.923 bits per heavy atom. The molecule has 1 saturated carbocycles. The Labute approximate surface area is 229 Å². The fourth-order valence-electron chi connectivity index (χ4n) is 5.74. The minimum absolute atomic E-state index is 0.0727. The lowest BCUT2D eigenvalue weighted by molar-refractivity contribution is -0.117. The van der Waals surface area contributed by atoms with E-state index in [4.69, 9.17) is 0 Å². The molecule has 3 N–H and O–H groups in total. The summed E-state index contributed by atoms with van der Waals surface area (Å²) in [6.45, 7) is 0. The highest BCUT2D eigenvalue weighted by molar-refractivity contribution is 7.08. The monoisotopic (exact) mass is 532 g/mol. The van der Waals surface area contributed by atoms with Crippen molar-refractivity contribution in [3.63, 3.8) is 0 Å². The van der Waals surface area contributed by atoms with Crippen LogP contribution in [0.3, 0.4) is 0 Å². The molecule has 5 aromatic heterocycles.